The van der Waals surface area contributed by atoms with Crippen LogP contribution in [0.3, 0.4) is 0 Å². The topological polar surface area (TPSA) is 51.3 Å². The van der Waals surface area contributed by atoms with Crippen molar-refractivity contribution in [2.24, 2.45) is 0 Å². The molecule has 1 aliphatic rings. The first-order valence-corrected chi connectivity index (χ1v) is 7.01. The van der Waals surface area contributed by atoms with Crippen LogP contribution in [0.4, 0.5) is 0 Å². The fourth-order valence-electron chi connectivity index (χ4n) is 2.96. The van der Waals surface area contributed by atoms with Crippen LogP contribution in [0.15, 0.2) is 30.5 Å². The number of benzene rings is 1. The largest absolute Gasteiger partial charge is 0.396 e. The van der Waals surface area contributed by atoms with Crippen LogP contribution in [0.1, 0.15) is 18.0 Å². The first-order chi connectivity index (χ1) is 9.38. The van der Waals surface area contributed by atoms with E-state index in [0.29, 0.717) is 6.04 Å². The Kier molecular flexibility index (Phi) is 3.82. The highest BCUT2D eigenvalue weighted by Gasteiger charge is 2.21. The van der Waals surface area contributed by atoms with Crippen LogP contribution < -0.4 is 5.32 Å². The van der Waals surface area contributed by atoms with Crippen molar-refractivity contribution in [2.45, 2.75) is 12.5 Å². The van der Waals surface area contributed by atoms with E-state index in [1.165, 1.54) is 16.5 Å². The predicted octanol–water partition coefficient (Wildman–Crippen LogP) is 1.50. The molecule has 1 aromatic heterocycles. The molecule has 4 nitrogen and oxygen atoms in total. The average Bonchev–Trinajstić information content (AvgIpc) is 2.93. The lowest BCUT2D eigenvalue weighted by atomic mass is 10.00. The Bertz CT molecular complexity index is 531. The summed E-state index contributed by atoms with van der Waals surface area (Å²) >= 11 is 0. The summed E-state index contributed by atoms with van der Waals surface area (Å²) in [5.74, 6) is 0. The van der Waals surface area contributed by atoms with E-state index in [2.05, 4.69) is 39.5 Å². The molecule has 102 valence electrons. The second kappa shape index (κ2) is 5.74. The summed E-state index contributed by atoms with van der Waals surface area (Å²) in [4.78, 5) is 5.70. The Hall–Kier alpha value is -1.36. The Labute approximate surface area is 113 Å². The lowest BCUT2D eigenvalue weighted by molar-refractivity contribution is 0.141. The molecular weight excluding hydrogens is 238 g/mol. The van der Waals surface area contributed by atoms with Gasteiger partial charge in [-0.05, 0) is 35.6 Å². The van der Waals surface area contributed by atoms with Crippen LogP contribution in [-0.2, 0) is 0 Å². The van der Waals surface area contributed by atoms with Crippen molar-refractivity contribution in [1.82, 2.24) is 15.2 Å². The summed E-state index contributed by atoms with van der Waals surface area (Å²) in [6.45, 7) is 4.41. The van der Waals surface area contributed by atoms with E-state index in [4.69, 9.17) is 0 Å². The lowest BCUT2D eigenvalue weighted by Crippen LogP contribution is -2.45. The first kappa shape index (κ1) is 12.7. The third kappa shape index (κ3) is 2.66. The third-order valence-electron chi connectivity index (χ3n) is 3.96. The van der Waals surface area contributed by atoms with E-state index in [1.807, 2.05) is 6.20 Å². The molecule has 0 aliphatic carbocycles. The van der Waals surface area contributed by atoms with Crippen LogP contribution in [0.25, 0.3) is 10.9 Å². The quantitative estimate of drug-likeness (QED) is 0.780. The van der Waals surface area contributed by atoms with Crippen molar-refractivity contribution < 1.29 is 5.11 Å². The van der Waals surface area contributed by atoms with Gasteiger partial charge < -0.3 is 15.4 Å². The van der Waals surface area contributed by atoms with E-state index in [9.17, 15) is 5.11 Å². The van der Waals surface area contributed by atoms with Gasteiger partial charge in [-0.2, -0.15) is 0 Å². The minimum atomic E-state index is 0.236. The average molecular weight is 259 g/mol. The highest BCUT2D eigenvalue weighted by Crippen LogP contribution is 2.27. The molecule has 2 heterocycles. The lowest BCUT2D eigenvalue weighted by Gasteiger charge is -2.35. The first-order valence-electron chi connectivity index (χ1n) is 7.01. The Balaban J connectivity index is 1.88. The Morgan fingerprint density at radius 2 is 2.05 bits per heavy atom. The fraction of sp³-hybridized carbons (Fsp3) is 0.467. The normalized spacial score (nSPS) is 18.8. The number of fused-ring (bicyclic) bond motifs is 1. The zero-order chi connectivity index (χ0) is 13.1. The summed E-state index contributed by atoms with van der Waals surface area (Å²) in [7, 11) is 0. The van der Waals surface area contributed by atoms with Crippen molar-refractivity contribution in [2.75, 3.05) is 32.8 Å². The van der Waals surface area contributed by atoms with E-state index in [-0.39, 0.29) is 6.61 Å². The van der Waals surface area contributed by atoms with Crippen molar-refractivity contribution in [3.63, 3.8) is 0 Å². The molecule has 1 saturated heterocycles. The van der Waals surface area contributed by atoms with Gasteiger partial charge in [-0.1, -0.05) is 6.07 Å². The second-order valence-electron chi connectivity index (χ2n) is 5.14. The number of hydrogen-bond acceptors (Lipinski definition) is 3. The van der Waals surface area contributed by atoms with E-state index >= 15 is 0 Å². The van der Waals surface area contributed by atoms with Crippen LogP contribution >= 0.6 is 0 Å². The molecule has 0 saturated carbocycles. The van der Waals surface area contributed by atoms with Gasteiger partial charge in [-0.25, -0.2) is 0 Å². The molecule has 0 bridgehead atoms. The number of aromatic amines is 1. The maximum absolute atomic E-state index is 9.35. The minimum absolute atomic E-state index is 0.236. The van der Waals surface area contributed by atoms with Crippen molar-refractivity contribution in [3.8, 4) is 0 Å². The monoisotopic (exact) mass is 259 g/mol. The number of aliphatic hydroxyl groups excluding tert-OH is 1. The van der Waals surface area contributed by atoms with Gasteiger partial charge in [0.15, 0.2) is 0 Å². The van der Waals surface area contributed by atoms with Crippen molar-refractivity contribution in [1.29, 1.82) is 0 Å². The summed E-state index contributed by atoms with van der Waals surface area (Å²) in [6.07, 6.45) is 2.77. The second-order valence-corrected chi connectivity index (χ2v) is 5.14. The number of aliphatic hydroxyl groups is 1. The molecule has 3 N–H and O–H groups in total. The number of H-pyrrole nitrogens is 1. The van der Waals surface area contributed by atoms with Gasteiger partial charge >= 0.3 is 0 Å². The molecule has 1 fully saturated rings. The Morgan fingerprint density at radius 1 is 1.21 bits per heavy atom. The number of aromatic nitrogens is 1. The maximum atomic E-state index is 9.35. The van der Waals surface area contributed by atoms with Gasteiger partial charge in [-0.15, -0.1) is 0 Å². The number of nitrogens with zero attached hydrogens (tertiary/aromatic N) is 1. The summed E-state index contributed by atoms with van der Waals surface area (Å²) in [5, 5.41) is 14.0. The van der Waals surface area contributed by atoms with Gasteiger partial charge in [-0.3, -0.25) is 4.90 Å². The molecule has 4 heteroatoms. The van der Waals surface area contributed by atoms with Crippen molar-refractivity contribution in [3.05, 3.63) is 36.0 Å². The molecule has 2 aromatic rings. The molecule has 1 aliphatic heterocycles. The number of piperazine rings is 1. The van der Waals surface area contributed by atoms with Crippen LogP contribution in [0.5, 0.6) is 0 Å². The molecule has 0 spiro atoms. The SMILES string of the molecule is OCC[C@@H](c1ccc2[nH]ccc2c1)N1CCNCC1. The molecule has 0 amide bonds. The zero-order valence-corrected chi connectivity index (χ0v) is 11.1. The summed E-state index contributed by atoms with van der Waals surface area (Å²) < 4.78 is 0. The van der Waals surface area contributed by atoms with Crippen LogP contribution in [0.2, 0.25) is 0 Å². The summed E-state index contributed by atoms with van der Waals surface area (Å²) in [6, 6.07) is 8.99. The summed E-state index contributed by atoms with van der Waals surface area (Å²) in [5.41, 5.74) is 2.48. The highest BCUT2D eigenvalue weighted by molar-refractivity contribution is 5.80. The molecule has 3 rings (SSSR count). The van der Waals surface area contributed by atoms with E-state index in [1.54, 1.807) is 0 Å². The van der Waals surface area contributed by atoms with E-state index in [0.717, 1.165) is 32.6 Å². The number of hydrogen-bond donors (Lipinski definition) is 3. The fourth-order valence-corrected chi connectivity index (χ4v) is 2.96. The third-order valence-corrected chi connectivity index (χ3v) is 3.96. The molecule has 0 unspecified atom stereocenters. The van der Waals surface area contributed by atoms with E-state index < -0.39 is 0 Å². The molecule has 19 heavy (non-hydrogen) atoms. The predicted molar refractivity (Wildman–Crippen MR) is 77.2 cm³/mol. The van der Waals surface area contributed by atoms with Crippen LogP contribution in [-0.4, -0.2) is 47.8 Å². The van der Waals surface area contributed by atoms with Gasteiger partial charge in [0, 0.05) is 50.5 Å². The zero-order valence-electron chi connectivity index (χ0n) is 11.1. The van der Waals surface area contributed by atoms with Crippen molar-refractivity contribution >= 4 is 10.9 Å². The minimum Gasteiger partial charge on any atom is -0.396 e. The molecular formula is C15H21N3O. The Morgan fingerprint density at radius 3 is 2.84 bits per heavy atom. The maximum Gasteiger partial charge on any atom is 0.0454 e. The van der Waals surface area contributed by atoms with Gasteiger partial charge in [0.05, 0.1) is 0 Å². The standard InChI is InChI=1S/C15H21N3O/c19-10-4-15(18-8-6-16-7-9-18)13-1-2-14-12(11-13)3-5-17-14/h1-3,5,11,15-17,19H,4,6-10H2/t15-/m0/s1. The highest BCUT2D eigenvalue weighted by atomic mass is 16.3. The number of rotatable bonds is 4. The van der Waals surface area contributed by atoms with Gasteiger partial charge in [0.25, 0.3) is 0 Å². The van der Waals surface area contributed by atoms with Gasteiger partial charge in [0.2, 0.25) is 0 Å². The number of nitrogens with one attached hydrogen (secondary N) is 2. The smallest absolute Gasteiger partial charge is 0.0454 e. The van der Waals surface area contributed by atoms with Crippen LogP contribution in [0, 0.1) is 0 Å². The molecule has 1 atom stereocenters. The molecule has 0 radical (unpaired) electrons. The molecule has 1 aromatic carbocycles. The van der Waals surface area contributed by atoms with Gasteiger partial charge in [0.1, 0.15) is 0 Å².